The molecule has 0 radical (unpaired) electrons. The number of carbonyl (C=O) groups is 3. The maximum Gasteiger partial charge on any atom is 0.343 e. The summed E-state index contributed by atoms with van der Waals surface area (Å²) in [7, 11) is 1.12. The Labute approximate surface area is 203 Å². The molecular formula is C26H18O10. The van der Waals surface area contributed by atoms with Crippen molar-refractivity contribution in [3.63, 3.8) is 0 Å². The topological polar surface area (TPSA) is 160 Å². The van der Waals surface area contributed by atoms with E-state index in [0.717, 1.165) is 25.3 Å². The number of phenols is 4. The Kier molecular flexibility index (Phi) is 6.34. The van der Waals surface area contributed by atoms with Crippen molar-refractivity contribution in [3.8, 4) is 34.5 Å². The quantitative estimate of drug-likeness (QED) is 0.184. The van der Waals surface area contributed by atoms with Gasteiger partial charge in [-0.1, -0.05) is 24.3 Å². The van der Waals surface area contributed by atoms with Crippen molar-refractivity contribution < 1.29 is 49.0 Å². The van der Waals surface area contributed by atoms with Gasteiger partial charge < -0.3 is 34.6 Å². The SMILES string of the molecule is COC(=O)c1cc(OC(=O)c2cc(O)c(O)c(O)c2)c2ccccc2c1OC(=O)c1ccc(O)cc1. The van der Waals surface area contributed by atoms with Crippen LogP contribution in [0.1, 0.15) is 31.1 Å². The number of ether oxygens (including phenoxy) is 3. The van der Waals surface area contributed by atoms with E-state index in [0.29, 0.717) is 5.39 Å². The molecule has 0 aliphatic rings. The van der Waals surface area contributed by atoms with Crippen LogP contribution in [-0.4, -0.2) is 45.4 Å². The van der Waals surface area contributed by atoms with Gasteiger partial charge in [0.1, 0.15) is 17.1 Å². The third kappa shape index (κ3) is 4.55. The van der Waals surface area contributed by atoms with E-state index >= 15 is 0 Å². The van der Waals surface area contributed by atoms with Gasteiger partial charge in [-0.15, -0.1) is 0 Å². The predicted molar refractivity (Wildman–Crippen MR) is 125 cm³/mol. The van der Waals surface area contributed by atoms with Gasteiger partial charge in [0.05, 0.1) is 18.2 Å². The van der Waals surface area contributed by atoms with Crippen molar-refractivity contribution in [1.29, 1.82) is 0 Å². The van der Waals surface area contributed by atoms with Crippen LogP contribution in [0.3, 0.4) is 0 Å². The molecule has 0 fully saturated rings. The van der Waals surface area contributed by atoms with Crippen LogP contribution in [0.2, 0.25) is 0 Å². The highest BCUT2D eigenvalue weighted by Gasteiger charge is 2.25. The zero-order chi connectivity index (χ0) is 26.0. The first kappa shape index (κ1) is 23.9. The molecule has 0 aliphatic heterocycles. The molecule has 0 saturated carbocycles. The van der Waals surface area contributed by atoms with Crippen molar-refractivity contribution >= 4 is 28.7 Å². The Balaban J connectivity index is 1.80. The van der Waals surface area contributed by atoms with E-state index in [4.69, 9.17) is 14.2 Å². The average molecular weight is 490 g/mol. The zero-order valence-electron chi connectivity index (χ0n) is 18.6. The van der Waals surface area contributed by atoms with Crippen LogP contribution in [0.4, 0.5) is 0 Å². The molecule has 0 aromatic heterocycles. The monoisotopic (exact) mass is 490 g/mol. The molecule has 0 heterocycles. The number of hydrogen-bond acceptors (Lipinski definition) is 10. The fraction of sp³-hybridized carbons (Fsp3) is 0.0385. The number of fused-ring (bicyclic) bond motifs is 1. The number of phenolic OH excluding ortho intramolecular Hbond substituents is 4. The van der Waals surface area contributed by atoms with E-state index < -0.39 is 35.2 Å². The Hall–Kier alpha value is -5.25. The lowest BCUT2D eigenvalue weighted by Crippen LogP contribution is -2.14. The largest absolute Gasteiger partial charge is 0.508 e. The molecule has 0 bridgehead atoms. The Morgan fingerprint density at radius 2 is 1.25 bits per heavy atom. The molecular weight excluding hydrogens is 472 g/mol. The van der Waals surface area contributed by atoms with Crippen molar-refractivity contribution in [2.75, 3.05) is 7.11 Å². The minimum Gasteiger partial charge on any atom is -0.508 e. The highest BCUT2D eigenvalue weighted by molar-refractivity contribution is 6.07. The number of hydrogen-bond donors (Lipinski definition) is 4. The second kappa shape index (κ2) is 9.55. The molecule has 182 valence electrons. The van der Waals surface area contributed by atoms with Crippen LogP contribution in [-0.2, 0) is 4.74 Å². The van der Waals surface area contributed by atoms with E-state index in [1.807, 2.05) is 0 Å². The summed E-state index contributed by atoms with van der Waals surface area (Å²) >= 11 is 0. The molecule has 0 unspecified atom stereocenters. The summed E-state index contributed by atoms with van der Waals surface area (Å²) in [6.07, 6.45) is 0. The number of benzene rings is 4. The van der Waals surface area contributed by atoms with Gasteiger partial charge in [-0.2, -0.15) is 0 Å². The highest BCUT2D eigenvalue weighted by Crippen LogP contribution is 2.39. The maximum absolute atomic E-state index is 12.8. The molecule has 4 aromatic carbocycles. The van der Waals surface area contributed by atoms with Crippen LogP contribution in [0.25, 0.3) is 10.8 Å². The minimum atomic E-state index is -1.02. The first-order chi connectivity index (χ1) is 17.2. The smallest absolute Gasteiger partial charge is 0.343 e. The zero-order valence-corrected chi connectivity index (χ0v) is 18.6. The normalized spacial score (nSPS) is 10.6. The summed E-state index contributed by atoms with van der Waals surface area (Å²) in [5.74, 6) is -5.29. The third-order valence-electron chi connectivity index (χ3n) is 5.17. The molecule has 0 amide bonds. The lowest BCUT2D eigenvalue weighted by atomic mass is 10.0. The maximum atomic E-state index is 12.8. The van der Waals surface area contributed by atoms with Crippen molar-refractivity contribution in [1.82, 2.24) is 0 Å². The predicted octanol–water partition coefficient (Wildman–Crippen LogP) is 3.89. The molecule has 0 aliphatic carbocycles. The molecule has 0 saturated heterocycles. The summed E-state index contributed by atoms with van der Waals surface area (Å²) in [4.78, 5) is 38.1. The van der Waals surface area contributed by atoms with E-state index in [9.17, 15) is 34.8 Å². The summed E-state index contributed by atoms with van der Waals surface area (Å²) in [6.45, 7) is 0. The first-order valence-corrected chi connectivity index (χ1v) is 10.3. The first-order valence-electron chi connectivity index (χ1n) is 10.3. The van der Waals surface area contributed by atoms with E-state index in [-0.39, 0.29) is 39.3 Å². The van der Waals surface area contributed by atoms with Crippen LogP contribution in [0.5, 0.6) is 34.5 Å². The summed E-state index contributed by atoms with van der Waals surface area (Å²) in [5.41, 5.74) is -0.396. The molecule has 10 nitrogen and oxygen atoms in total. The van der Waals surface area contributed by atoms with Crippen LogP contribution in [0.15, 0.2) is 66.7 Å². The van der Waals surface area contributed by atoms with Gasteiger partial charge in [-0.05, 0) is 42.5 Å². The van der Waals surface area contributed by atoms with Crippen molar-refractivity contribution in [3.05, 3.63) is 83.4 Å². The minimum absolute atomic E-state index is 0.0475. The number of carbonyl (C=O) groups excluding carboxylic acids is 3. The van der Waals surface area contributed by atoms with Gasteiger partial charge in [0, 0.05) is 10.8 Å². The standard InChI is InChI=1S/C26H18O10/c1-34-26(33)18-12-21(35-25(32)14-10-19(28)22(30)20(29)11-14)16-4-2-3-5-17(16)23(18)36-24(31)13-6-8-15(27)9-7-13/h2-12,27-30H,1H3. The van der Waals surface area contributed by atoms with Crippen molar-refractivity contribution in [2.45, 2.75) is 0 Å². The van der Waals surface area contributed by atoms with Gasteiger partial charge in [-0.3, -0.25) is 0 Å². The van der Waals surface area contributed by atoms with Crippen LogP contribution >= 0.6 is 0 Å². The summed E-state index contributed by atoms with van der Waals surface area (Å²) < 4.78 is 15.8. The summed E-state index contributed by atoms with van der Waals surface area (Å²) in [6, 6.07) is 14.6. The molecule has 36 heavy (non-hydrogen) atoms. The van der Waals surface area contributed by atoms with E-state index in [1.165, 1.54) is 30.3 Å². The molecule has 0 atom stereocenters. The van der Waals surface area contributed by atoms with Crippen LogP contribution < -0.4 is 9.47 Å². The summed E-state index contributed by atoms with van der Waals surface area (Å²) in [5, 5.41) is 38.9. The van der Waals surface area contributed by atoms with Crippen molar-refractivity contribution in [2.24, 2.45) is 0 Å². The fourth-order valence-corrected chi connectivity index (χ4v) is 3.40. The van der Waals surface area contributed by atoms with Crippen LogP contribution in [0, 0.1) is 0 Å². The lowest BCUT2D eigenvalue weighted by molar-refractivity contribution is 0.0590. The van der Waals surface area contributed by atoms with Gasteiger partial charge in [0.15, 0.2) is 23.0 Å². The number of rotatable bonds is 5. The van der Waals surface area contributed by atoms with Gasteiger partial charge in [0.25, 0.3) is 0 Å². The number of esters is 3. The Morgan fingerprint density at radius 3 is 1.86 bits per heavy atom. The fourth-order valence-electron chi connectivity index (χ4n) is 3.40. The van der Waals surface area contributed by atoms with Gasteiger partial charge >= 0.3 is 17.9 Å². The van der Waals surface area contributed by atoms with E-state index in [2.05, 4.69) is 0 Å². The molecule has 0 spiro atoms. The van der Waals surface area contributed by atoms with Gasteiger partial charge in [0.2, 0.25) is 0 Å². The van der Waals surface area contributed by atoms with E-state index in [1.54, 1.807) is 18.2 Å². The second-order valence-corrected chi connectivity index (χ2v) is 7.48. The Morgan fingerprint density at radius 1 is 0.667 bits per heavy atom. The molecule has 10 heteroatoms. The highest BCUT2D eigenvalue weighted by atomic mass is 16.5. The van der Waals surface area contributed by atoms with Gasteiger partial charge in [-0.25, -0.2) is 14.4 Å². The second-order valence-electron chi connectivity index (χ2n) is 7.48. The lowest BCUT2D eigenvalue weighted by Gasteiger charge is -2.16. The number of methoxy groups -OCH3 is 1. The average Bonchev–Trinajstić information content (AvgIpc) is 2.87. The molecule has 4 aromatic rings. The third-order valence-corrected chi connectivity index (χ3v) is 5.17. The Bertz CT molecular complexity index is 1480. The molecule has 4 N–H and O–H groups in total. The number of aromatic hydroxyl groups is 4. The molecule has 4 rings (SSSR count).